The second kappa shape index (κ2) is 6.12. The van der Waals surface area contributed by atoms with Crippen LogP contribution < -0.4 is 4.74 Å². The molecule has 0 bridgehead atoms. The number of rotatable bonds is 4. The van der Waals surface area contributed by atoms with Crippen LogP contribution in [0.5, 0.6) is 5.75 Å². The molecule has 0 radical (unpaired) electrons. The van der Waals surface area contributed by atoms with Gasteiger partial charge in [0, 0.05) is 29.2 Å². The molecule has 1 aliphatic heterocycles. The molecule has 1 atom stereocenters. The Labute approximate surface area is 124 Å². The molecule has 0 aliphatic carbocycles. The summed E-state index contributed by atoms with van der Waals surface area (Å²) in [6, 6.07) is 8.91. The first kappa shape index (κ1) is 13.9. The van der Waals surface area contributed by atoms with Crippen molar-refractivity contribution in [2.24, 2.45) is 0 Å². The van der Waals surface area contributed by atoms with Gasteiger partial charge in [-0.2, -0.15) is 0 Å². The highest BCUT2D eigenvalue weighted by Gasteiger charge is 2.22. The smallest absolute Gasteiger partial charge is 0.128 e. The molecule has 3 nitrogen and oxygen atoms in total. The van der Waals surface area contributed by atoms with E-state index in [2.05, 4.69) is 42.3 Å². The lowest BCUT2D eigenvalue weighted by Gasteiger charge is -2.35. The zero-order chi connectivity index (χ0) is 13.9. The van der Waals surface area contributed by atoms with Gasteiger partial charge < -0.3 is 9.47 Å². The van der Waals surface area contributed by atoms with Gasteiger partial charge >= 0.3 is 0 Å². The Hall–Kier alpha value is -1.10. The summed E-state index contributed by atoms with van der Waals surface area (Å²) < 4.78 is 13.1. The lowest BCUT2D eigenvalue weighted by atomic mass is 10.2. The van der Waals surface area contributed by atoms with Gasteiger partial charge in [-0.25, -0.2) is 0 Å². The molecule has 1 unspecified atom stereocenters. The van der Waals surface area contributed by atoms with Crippen molar-refractivity contribution < 1.29 is 9.47 Å². The summed E-state index contributed by atoms with van der Waals surface area (Å²) in [7, 11) is 0. The summed E-state index contributed by atoms with van der Waals surface area (Å²) in [4.78, 5) is 2.45. The Bertz CT molecular complexity index is 566. The number of morpholine rings is 1. The number of hydrogen-bond acceptors (Lipinski definition) is 4. The fourth-order valence-corrected chi connectivity index (χ4v) is 3.39. The van der Waals surface area contributed by atoms with E-state index < -0.39 is 0 Å². The van der Waals surface area contributed by atoms with Crippen molar-refractivity contribution in [1.82, 2.24) is 4.90 Å². The highest BCUT2D eigenvalue weighted by molar-refractivity contribution is 7.17. The fourth-order valence-electron chi connectivity index (χ4n) is 2.59. The van der Waals surface area contributed by atoms with Crippen molar-refractivity contribution in [3.63, 3.8) is 0 Å². The van der Waals surface area contributed by atoms with E-state index in [0.29, 0.717) is 12.6 Å². The average Bonchev–Trinajstić information content (AvgIpc) is 2.94. The molecule has 0 N–H and O–H groups in total. The van der Waals surface area contributed by atoms with Crippen LogP contribution in [0.1, 0.15) is 13.8 Å². The largest absolute Gasteiger partial charge is 0.490 e. The Morgan fingerprint density at radius 3 is 3.15 bits per heavy atom. The molecule has 2 aromatic rings. The van der Waals surface area contributed by atoms with E-state index in [1.54, 1.807) is 11.3 Å². The maximum Gasteiger partial charge on any atom is 0.128 e. The second-order valence-corrected chi connectivity index (χ2v) is 6.43. The van der Waals surface area contributed by atoms with E-state index in [0.717, 1.165) is 25.4 Å². The standard InChI is InChI=1S/C16H21NO2S/c1-12(2)17-7-8-18-13(10-17)11-19-15-4-3-5-16-14(15)6-9-20-16/h3-6,9,12-13H,7-8,10-11H2,1-2H3. The van der Waals surface area contributed by atoms with Crippen LogP contribution in [0.4, 0.5) is 0 Å². The molecular weight excluding hydrogens is 270 g/mol. The third-order valence-electron chi connectivity index (χ3n) is 3.78. The van der Waals surface area contributed by atoms with Crippen LogP contribution in [0.15, 0.2) is 29.6 Å². The Kier molecular flexibility index (Phi) is 4.24. The fraction of sp³-hybridized carbons (Fsp3) is 0.500. The predicted octanol–water partition coefficient (Wildman–Crippen LogP) is 3.39. The van der Waals surface area contributed by atoms with Crippen LogP contribution in [0.25, 0.3) is 10.1 Å². The Morgan fingerprint density at radius 1 is 1.40 bits per heavy atom. The SMILES string of the molecule is CC(C)N1CCOC(COc2cccc3sccc23)C1. The molecule has 1 fully saturated rings. The zero-order valence-electron chi connectivity index (χ0n) is 12.0. The van der Waals surface area contributed by atoms with Gasteiger partial charge in [-0.15, -0.1) is 11.3 Å². The molecule has 4 heteroatoms. The van der Waals surface area contributed by atoms with E-state index in [4.69, 9.17) is 9.47 Å². The van der Waals surface area contributed by atoms with Gasteiger partial charge in [-0.1, -0.05) is 6.07 Å². The van der Waals surface area contributed by atoms with Crippen molar-refractivity contribution in [3.8, 4) is 5.75 Å². The first-order chi connectivity index (χ1) is 9.74. The number of nitrogens with zero attached hydrogens (tertiary/aromatic N) is 1. The van der Waals surface area contributed by atoms with E-state index >= 15 is 0 Å². The maximum absolute atomic E-state index is 6.00. The minimum Gasteiger partial charge on any atom is -0.490 e. The molecule has 0 saturated carbocycles. The van der Waals surface area contributed by atoms with Crippen LogP contribution in [0.2, 0.25) is 0 Å². The molecule has 1 aliphatic rings. The molecule has 3 rings (SSSR count). The van der Waals surface area contributed by atoms with E-state index in [-0.39, 0.29) is 6.10 Å². The van der Waals surface area contributed by atoms with Gasteiger partial charge in [0.05, 0.1) is 6.61 Å². The topological polar surface area (TPSA) is 21.7 Å². The van der Waals surface area contributed by atoms with Gasteiger partial charge in [0.1, 0.15) is 18.5 Å². The number of benzene rings is 1. The third kappa shape index (κ3) is 2.97. The van der Waals surface area contributed by atoms with Crippen molar-refractivity contribution in [1.29, 1.82) is 0 Å². The molecule has 1 saturated heterocycles. The molecule has 1 aromatic heterocycles. The minimum absolute atomic E-state index is 0.167. The summed E-state index contributed by atoms with van der Waals surface area (Å²) >= 11 is 1.75. The monoisotopic (exact) mass is 291 g/mol. The number of thiophene rings is 1. The average molecular weight is 291 g/mol. The summed E-state index contributed by atoms with van der Waals surface area (Å²) in [5.41, 5.74) is 0. The van der Waals surface area contributed by atoms with Crippen LogP contribution in [0, 0.1) is 0 Å². The third-order valence-corrected chi connectivity index (χ3v) is 4.66. The Balaban J connectivity index is 1.63. The zero-order valence-corrected chi connectivity index (χ0v) is 12.9. The number of hydrogen-bond donors (Lipinski definition) is 0. The lowest BCUT2D eigenvalue weighted by molar-refractivity contribution is -0.0562. The summed E-state index contributed by atoms with van der Waals surface area (Å²) in [5.74, 6) is 0.967. The molecule has 2 heterocycles. The highest BCUT2D eigenvalue weighted by Crippen LogP contribution is 2.29. The minimum atomic E-state index is 0.167. The molecule has 0 amide bonds. The first-order valence-electron chi connectivity index (χ1n) is 7.18. The second-order valence-electron chi connectivity index (χ2n) is 5.48. The van der Waals surface area contributed by atoms with Crippen LogP contribution in [-0.2, 0) is 4.74 Å². The van der Waals surface area contributed by atoms with Crippen molar-refractivity contribution in [2.45, 2.75) is 26.0 Å². The molecule has 1 aromatic carbocycles. The predicted molar refractivity (Wildman–Crippen MR) is 83.8 cm³/mol. The number of ether oxygens (including phenoxy) is 2. The maximum atomic E-state index is 6.00. The molecule has 108 valence electrons. The van der Waals surface area contributed by atoms with E-state index in [9.17, 15) is 0 Å². The Morgan fingerprint density at radius 2 is 2.30 bits per heavy atom. The van der Waals surface area contributed by atoms with Gasteiger partial charge in [0.2, 0.25) is 0 Å². The van der Waals surface area contributed by atoms with Gasteiger partial charge in [-0.05, 0) is 37.4 Å². The molecular formula is C16H21NO2S. The quantitative estimate of drug-likeness (QED) is 0.862. The molecule has 0 spiro atoms. The highest BCUT2D eigenvalue weighted by atomic mass is 32.1. The molecule has 20 heavy (non-hydrogen) atoms. The first-order valence-corrected chi connectivity index (χ1v) is 8.06. The number of fused-ring (bicyclic) bond motifs is 1. The normalized spacial score (nSPS) is 20.6. The van der Waals surface area contributed by atoms with Crippen molar-refractivity contribution >= 4 is 21.4 Å². The van der Waals surface area contributed by atoms with Gasteiger partial charge in [0.15, 0.2) is 0 Å². The summed E-state index contributed by atoms with van der Waals surface area (Å²) in [6.45, 7) is 7.86. The van der Waals surface area contributed by atoms with E-state index in [1.807, 2.05) is 6.07 Å². The van der Waals surface area contributed by atoms with Gasteiger partial charge in [-0.3, -0.25) is 4.90 Å². The van der Waals surface area contributed by atoms with Crippen LogP contribution in [-0.4, -0.2) is 43.3 Å². The van der Waals surface area contributed by atoms with Crippen molar-refractivity contribution in [2.75, 3.05) is 26.3 Å². The summed E-state index contributed by atoms with van der Waals surface area (Å²) in [5, 5.41) is 3.31. The van der Waals surface area contributed by atoms with Crippen LogP contribution in [0.3, 0.4) is 0 Å². The van der Waals surface area contributed by atoms with E-state index in [1.165, 1.54) is 10.1 Å². The van der Waals surface area contributed by atoms with Gasteiger partial charge in [0.25, 0.3) is 0 Å². The summed E-state index contributed by atoms with van der Waals surface area (Å²) in [6.07, 6.45) is 0.167. The van der Waals surface area contributed by atoms with Crippen LogP contribution >= 0.6 is 11.3 Å². The van der Waals surface area contributed by atoms with Crippen molar-refractivity contribution in [3.05, 3.63) is 29.6 Å². The lowest BCUT2D eigenvalue weighted by Crippen LogP contribution is -2.47.